The molecule has 1 aromatic rings. The first kappa shape index (κ1) is 18.8. The van der Waals surface area contributed by atoms with Gasteiger partial charge < -0.3 is 14.7 Å². The molecule has 0 radical (unpaired) electrons. The lowest BCUT2D eigenvalue weighted by Gasteiger charge is -2.49. The number of ether oxygens (including phenoxy) is 1. The molecule has 1 aromatic carbocycles. The molecule has 1 aliphatic heterocycles. The van der Waals surface area contributed by atoms with Gasteiger partial charge in [0, 0.05) is 11.5 Å². The molecule has 3 atom stereocenters. The lowest BCUT2D eigenvalue weighted by molar-refractivity contribution is -0.769. The number of phenolic OH excluding ortho intramolecular Hbond substituents is 1. The predicted molar refractivity (Wildman–Crippen MR) is 98.1 cm³/mol. The Labute approximate surface area is 154 Å². The number of hydrogen-bond acceptors (Lipinski definition) is 5. The molecule has 2 aliphatic rings. The van der Waals surface area contributed by atoms with Gasteiger partial charge in [0.15, 0.2) is 0 Å². The van der Waals surface area contributed by atoms with Crippen molar-refractivity contribution in [1.29, 1.82) is 0 Å². The molecule has 1 aliphatic carbocycles. The van der Waals surface area contributed by atoms with Crippen molar-refractivity contribution in [2.45, 2.75) is 83.3 Å². The van der Waals surface area contributed by atoms with Crippen LogP contribution in [-0.4, -0.2) is 21.9 Å². The Morgan fingerprint density at radius 1 is 1.38 bits per heavy atom. The molecule has 1 fully saturated rings. The fourth-order valence-electron chi connectivity index (χ4n) is 4.52. The molecule has 1 N–H and O–H groups in total. The first-order valence-corrected chi connectivity index (χ1v) is 9.42. The van der Waals surface area contributed by atoms with Crippen LogP contribution in [0.5, 0.6) is 11.5 Å². The summed E-state index contributed by atoms with van der Waals surface area (Å²) in [5.74, 6) is 1.12. The zero-order chi connectivity index (χ0) is 19.3. The first-order valence-electron chi connectivity index (χ1n) is 9.42. The standard InChI is InChI=1S/C20H29NO5/c1-6-19(2,3)12-9-16(22)18-14-11-13(26-21(23)24)7-8-15(14)20(4,5)25-17(18)10-12/h9-10,13-15,22H,6-8,11H2,1-5H3/t13-,14-,15-/m1/s1. The molecule has 0 saturated heterocycles. The molecule has 1 saturated carbocycles. The maximum Gasteiger partial charge on any atom is 0.294 e. The summed E-state index contributed by atoms with van der Waals surface area (Å²) >= 11 is 0. The maximum absolute atomic E-state index is 10.8. The highest BCUT2D eigenvalue weighted by atomic mass is 17.0. The Morgan fingerprint density at radius 2 is 2.08 bits per heavy atom. The minimum atomic E-state index is -0.705. The van der Waals surface area contributed by atoms with E-state index >= 15 is 0 Å². The summed E-state index contributed by atoms with van der Waals surface area (Å²) in [5, 5.41) is 20.9. The van der Waals surface area contributed by atoms with E-state index in [2.05, 4.69) is 34.6 Å². The van der Waals surface area contributed by atoms with Crippen LogP contribution in [0.4, 0.5) is 0 Å². The smallest absolute Gasteiger partial charge is 0.294 e. The summed E-state index contributed by atoms with van der Waals surface area (Å²) in [6.45, 7) is 10.5. The van der Waals surface area contributed by atoms with Gasteiger partial charge in [0.1, 0.15) is 23.2 Å². The number of phenols is 1. The van der Waals surface area contributed by atoms with Crippen LogP contribution in [0.1, 0.15) is 77.3 Å². The van der Waals surface area contributed by atoms with Crippen molar-refractivity contribution < 1.29 is 19.8 Å². The van der Waals surface area contributed by atoms with Crippen molar-refractivity contribution in [2.75, 3.05) is 0 Å². The average molecular weight is 363 g/mol. The van der Waals surface area contributed by atoms with Gasteiger partial charge in [-0.05, 0) is 68.6 Å². The molecule has 0 bridgehead atoms. The Kier molecular flexibility index (Phi) is 4.57. The van der Waals surface area contributed by atoms with Crippen LogP contribution in [-0.2, 0) is 10.3 Å². The lowest BCUT2D eigenvalue weighted by atomic mass is 9.65. The van der Waals surface area contributed by atoms with Gasteiger partial charge in [0.25, 0.3) is 5.09 Å². The van der Waals surface area contributed by atoms with E-state index in [1.807, 2.05) is 12.1 Å². The van der Waals surface area contributed by atoms with E-state index in [9.17, 15) is 15.2 Å². The van der Waals surface area contributed by atoms with E-state index in [1.54, 1.807) is 0 Å². The van der Waals surface area contributed by atoms with Gasteiger partial charge in [-0.2, -0.15) is 0 Å². The number of rotatable bonds is 4. The predicted octanol–water partition coefficient (Wildman–Crippen LogP) is 4.71. The quantitative estimate of drug-likeness (QED) is 0.619. The monoisotopic (exact) mass is 363 g/mol. The third kappa shape index (κ3) is 3.21. The van der Waals surface area contributed by atoms with Crippen molar-refractivity contribution in [3.63, 3.8) is 0 Å². The minimum Gasteiger partial charge on any atom is -0.508 e. The van der Waals surface area contributed by atoms with Gasteiger partial charge in [-0.3, -0.25) is 0 Å². The molecule has 0 aromatic heterocycles. The van der Waals surface area contributed by atoms with Gasteiger partial charge >= 0.3 is 0 Å². The Morgan fingerprint density at radius 3 is 2.69 bits per heavy atom. The van der Waals surface area contributed by atoms with Crippen LogP contribution >= 0.6 is 0 Å². The number of hydrogen-bond donors (Lipinski definition) is 1. The summed E-state index contributed by atoms with van der Waals surface area (Å²) in [5.41, 5.74) is 1.36. The molecule has 3 rings (SSSR count). The van der Waals surface area contributed by atoms with E-state index in [0.29, 0.717) is 18.6 Å². The zero-order valence-corrected chi connectivity index (χ0v) is 16.2. The van der Waals surface area contributed by atoms with Crippen molar-refractivity contribution in [3.05, 3.63) is 33.4 Å². The molecule has 0 unspecified atom stereocenters. The third-order valence-electron chi connectivity index (χ3n) is 6.46. The Balaban J connectivity index is 2.04. The largest absolute Gasteiger partial charge is 0.508 e. The fraction of sp³-hybridized carbons (Fsp3) is 0.700. The molecule has 1 heterocycles. The maximum atomic E-state index is 10.8. The van der Waals surface area contributed by atoms with Crippen molar-refractivity contribution in [1.82, 2.24) is 0 Å². The Bertz CT molecular complexity index is 712. The number of aromatic hydroxyl groups is 1. The van der Waals surface area contributed by atoms with E-state index in [-0.39, 0.29) is 23.0 Å². The van der Waals surface area contributed by atoms with Crippen LogP contribution in [0.15, 0.2) is 12.1 Å². The lowest BCUT2D eigenvalue weighted by Crippen LogP contribution is -2.48. The van der Waals surface area contributed by atoms with Gasteiger partial charge in [-0.1, -0.05) is 20.8 Å². The van der Waals surface area contributed by atoms with Gasteiger partial charge in [-0.25, -0.2) is 0 Å². The first-order chi connectivity index (χ1) is 12.0. The van der Waals surface area contributed by atoms with Crippen LogP contribution in [0.2, 0.25) is 0 Å². The normalized spacial score (nSPS) is 27.0. The molecular formula is C20H29NO5. The number of benzene rings is 1. The molecule has 0 spiro atoms. The number of nitrogens with zero attached hydrogens (tertiary/aromatic N) is 1. The summed E-state index contributed by atoms with van der Waals surface area (Å²) in [4.78, 5) is 15.6. The van der Waals surface area contributed by atoms with Crippen molar-refractivity contribution >= 4 is 0 Å². The highest BCUT2D eigenvalue weighted by Gasteiger charge is 2.48. The van der Waals surface area contributed by atoms with E-state index in [0.717, 1.165) is 24.0 Å². The average Bonchev–Trinajstić information content (AvgIpc) is 2.52. The summed E-state index contributed by atoms with van der Waals surface area (Å²) < 4.78 is 6.33. The van der Waals surface area contributed by atoms with Gasteiger partial charge in [0.05, 0.1) is 0 Å². The molecule has 6 heteroatoms. The SMILES string of the molecule is CCC(C)(C)c1cc(O)c2c(c1)OC(C)(C)[C@@H]1CC[C@@H](O[N+](=O)[O-])C[C@@H]21. The third-order valence-corrected chi connectivity index (χ3v) is 6.46. The molecule has 26 heavy (non-hydrogen) atoms. The van der Waals surface area contributed by atoms with Crippen LogP contribution in [0.25, 0.3) is 0 Å². The molecule has 6 nitrogen and oxygen atoms in total. The van der Waals surface area contributed by atoms with Gasteiger partial charge in [-0.15, -0.1) is 10.1 Å². The second-order valence-electron chi connectivity index (χ2n) is 8.83. The summed E-state index contributed by atoms with van der Waals surface area (Å²) in [6.07, 6.45) is 2.44. The second kappa shape index (κ2) is 6.32. The molecule has 0 amide bonds. The van der Waals surface area contributed by atoms with Crippen molar-refractivity contribution in [2.24, 2.45) is 5.92 Å². The van der Waals surface area contributed by atoms with Crippen molar-refractivity contribution in [3.8, 4) is 11.5 Å². The summed E-state index contributed by atoms with van der Waals surface area (Å²) in [6, 6.07) is 3.87. The Hall–Kier alpha value is -1.98. The fourth-order valence-corrected chi connectivity index (χ4v) is 4.52. The topological polar surface area (TPSA) is 81.8 Å². The van der Waals surface area contributed by atoms with E-state index in [1.165, 1.54) is 0 Å². The highest BCUT2D eigenvalue weighted by molar-refractivity contribution is 5.53. The zero-order valence-electron chi connectivity index (χ0n) is 16.2. The molecule has 144 valence electrons. The second-order valence-corrected chi connectivity index (χ2v) is 8.83. The minimum absolute atomic E-state index is 0.00811. The van der Waals surface area contributed by atoms with E-state index in [4.69, 9.17) is 9.57 Å². The summed E-state index contributed by atoms with van der Waals surface area (Å²) in [7, 11) is 0. The van der Waals surface area contributed by atoms with E-state index < -0.39 is 16.8 Å². The molecular weight excluding hydrogens is 334 g/mol. The van der Waals surface area contributed by atoms with Crippen LogP contribution in [0, 0.1) is 16.0 Å². The number of fused-ring (bicyclic) bond motifs is 3. The van der Waals surface area contributed by atoms with Crippen LogP contribution < -0.4 is 4.74 Å². The highest BCUT2D eigenvalue weighted by Crippen LogP contribution is 2.55. The van der Waals surface area contributed by atoms with Gasteiger partial charge in [0.2, 0.25) is 0 Å². The van der Waals surface area contributed by atoms with Crippen LogP contribution in [0.3, 0.4) is 0 Å².